The van der Waals surface area contributed by atoms with Crippen molar-refractivity contribution in [3.8, 4) is 0 Å². The Bertz CT molecular complexity index is 414. The number of aromatic nitrogens is 2. The highest BCUT2D eigenvalue weighted by Gasteiger charge is 2.27. The minimum atomic E-state index is 0.408. The van der Waals surface area contributed by atoms with Crippen LogP contribution in [0.25, 0.3) is 0 Å². The Labute approximate surface area is 117 Å². The summed E-state index contributed by atoms with van der Waals surface area (Å²) >= 11 is 0. The van der Waals surface area contributed by atoms with E-state index in [2.05, 4.69) is 32.3 Å². The number of imidazole rings is 1. The SMILES string of the molecule is CCCC(C)c1nc(C2CCCC2)n(C(C)C)c1N. The molecule has 1 fully saturated rings. The Balaban J connectivity index is 2.38. The van der Waals surface area contributed by atoms with Crippen molar-refractivity contribution in [2.24, 2.45) is 0 Å². The number of anilines is 1. The van der Waals surface area contributed by atoms with E-state index in [-0.39, 0.29) is 0 Å². The first-order chi connectivity index (χ1) is 9.06. The third kappa shape index (κ3) is 2.80. The number of rotatable bonds is 5. The van der Waals surface area contributed by atoms with Gasteiger partial charge in [0, 0.05) is 17.9 Å². The van der Waals surface area contributed by atoms with Gasteiger partial charge in [-0.2, -0.15) is 0 Å². The molecule has 1 atom stereocenters. The molecule has 0 amide bonds. The maximum atomic E-state index is 6.40. The first-order valence-electron chi connectivity index (χ1n) is 7.93. The zero-order chi connectivity index (χ0) is 14.0. The molecule has 0 saturated heterocycles. The molecule has 0 radical (unpaired) electrons. The molecule has 2 N–H and O–H groups in total. The molecule has 0 spiro atoms. The second-order valence-corrected chi connectivity index (χ2v) is 6.38. The summed E-state index contributed by atoms with van der Waals surface area (Å²) in [7, 11) is 0. The van der Waals surface area contributed by atoms with Gasteiger partial charge in [-0.15, -0.1) is 0 Å². The van der Waals surface area contributed by atoms with Gasteiger partial charge in [0.2, 0.25) is 0 Å². The normalized spacial score (nSPS) is 18.4. The minimum absolute atomic E-state index is 0.408. The molecule has 1 saturated carbocycles. The summed E-state index contributed by atoms with van der Waals surface area (Å²) in [6, 6.07) is 0.408. The van der Waals surface area contributed by atoms with Crippen LogP contribution in [0.5, 0.6) is 0 Å². The van der Waals surface area contributed by atoms with Gasteiger partial charge in [-0.3, -0.25) is 0 Å². The molecule has 108 valence electrons. The molecule has 0 aromatic carbocycles. The topological polar surface area (TPSA) is 43.8 Å². The lowest BCUT2D eigenvalue weighted by atomic mass is 10.0. The predicted octanol–water partition coefficient (Wildman–Crippen LogP) is 4.61. The van der Waals surface area contributed by atoms with Crippen molar-refractivity contribution >= 4 is 5.82 Å². The van der Waals surface area contributed by atoms with Crippen LogP contribution in [0, 0.1) is 0 Å². The van der Waals surface area contributed by atoms with Crippen LogP contribution in [0.2, 0.25) is 0 Å². The van der Waals surface area contributed by atoms with Crippen molar-refractivity contribution in [1.82, 2.24) is 9.55 Å². The van der Waals surface area contributed by atoms with E-state index in [4.69, 9.17) is 10.7 Å². The largest absolute Gasteiger partial charge is 0.384 e. The summed E-state index contributed by atoms with van der Waals surface area (Å²) in [6.45, 7) is 8.91. The number of hydrogen-bond donors (Lipinski definition) is 1. The maximum Gasteiger partial charge on any atom is 0.127 e. The zero-order valence-electron chi connectivity index (χ0n) is 12.9. The summed E-state index contributed by atoms with van der Waals surface area (Å²) in [6.07, 6.45) is 7.61. The average Bonchev–Trinajstić information content (AvgIpc) is 2.95. The lowest BCUT2D eigenvalue weighted by Crippen LogP contribution is -2.12. The summed E-state index contributed by atoms with van der Waals surface area (Å²) in [5.74, 6) is 3.28. The Morgan fingerprint density at radius 3 is 2.42 bits per heavy atom. The molecule has 1 aromatic heterocycles. The zero-order valence-corrected chi connectivity index (χ0v) is 12.9. The lowest BCUT2D eigenvalue weighted by Gasteiger charge is -2.17. The van der Waals surface area contributed by atoms with Gasteiger partial charge < -0.3 is 10.3 Å². The molecule has 1 aromatic rings. The van der Waals surface area contributed by atoms with Crippen LogP contribution in [-0.2, 0) is 0 Å². The molecule has 0 bridgehead atoms. The van der Waals surface area contributed by atoms with E-state index in [9.17, 15) is 0 Å². The van der Waals surface area contributed by atoms with Gasteiger partial charge in [0.05, 0.1) is 5.69 Å². The molecule has 2 rings (SSSR count). The van der Waals surface area contributed by atoms with E-state index in [0.29, 0.717) is 17.9 Å². The molecule has 3 nitrogen and oxygen atoms in total. The van der Waals surface area contributed by atoms with E-state index in [1.165, 1.54) is 44.3 Å². The summed E-state index contributed by atoms with van der Waals surface area (Å²) in [5.41, 5.74) is 7.54. The van der Waals surface area contributed by atoms with Crippen LogP contribution in [0.3, 0.4) is 0 Å². The molecule has 1 heterocycles. The molecule has 19 heavy (non-hydrogen) atoms. The highest BCUT2D eigenvalue weighted by atomic mass is 15.2. The number of nitrogens with zero attached hydrogens (tertiary/aromatic N) is 2. The number of nitrogen functional groups attached to an aromatic ring is 1. The van der Waals surface area contributed by atoms with Gasteiger partial charge >= 0.3 is 0 Å². The van der Waals surface area contributed by atoms with E-state index in [1.54, 1.807) is 0 Å². The standard InChI is InChI=1S/C16H29N3/c1-5-8-12(4)14-15(17)19(11(2)3)16(18-14)13-9-6-7-10-13/h11-13H,5-10,17H2,1-4H3. The van der Waals surface area contributed by atoms with Gasteiger partial charge in [-0.1, -0.05) is 33.1 Å². The molecule has 1 aliphatic carbocycles. The molecular formula is C16H29N3. The number of hydrogen-bond acceptors (Lipinski definition) is 2. The van der Waals surface area contributed by atoms with Crippen LogP contribution in [0.15, 0.2) is 0 Å². The minimum Gasteiger partial charge on any atom is -0.384 e. The second kappa shape index (κ2) is 5.98. The maximum absolute atomic E-state index is 6.40. The van der Waals surface area contributed by atoms with Crippen molar-refractivity contribution < 1.29 is 0 Å². The highest BCUT2D eigenvalue weighted by molar-refractivity contribution is 5.42. The van der Waals surface area contributed by atoms with Crippen molar-refractivity contribution in [2.75, 3.05) is 5.73 Å². The third-order valence-electron chi connectivity index (χ3n) is 4.43. The Hall–Kier alpha value is -0.990. The number of nitrogens with two attached hydrogens (primary N) is 1. The van der Waals surface area contributed by atoms with Gasteiger partial charge in [-0.25, -0.2) is 4.98 Å². The fraction of sp³-hybridized carbons (Fsp3) is 0.812. The van der Waals surface area contributed by atoms with Crippen molar-refractivity contribution in [3.63, 3.8) is 0 Å². The van der Waals surface area contributed by atoms with Crippen LogP contribution in [0.1, 0.15) is 95.6 Å². The molecular weight excluding hydrogens is 234 g/mol. The Morgan fingerprint density at radius 2 is 1.89 bits per heavy atom. The fourth-order valence-electron chi connectivity index (χ4n) is 3.43. The van der Waals surface area contributed by atoms with Gasteiger partial charge in [0.25, 0.3) is 0 Å². The van der Waals surface area contributed by atoms with Crippen molar-refractivity contribution in [1.29, 1.82) is 0 Å². The first-order valence-corrected chi connectivity index (χ1v) is 7.93. The van der Waals surface area contributed by atoms with E-state index >= 15 is 0 Å². The van der Waals surface area contributed by atoms with Crippen molar-refractivity contribution in [2.45, 2.75) is 84.1 Å². The Kier molecular flexibility index (Phi) is 4.54. The van der Waals surface area contributed by atoms with Crippen LogP contribution >= 0.6 is 0 Å². The average molecular weight is 263 g/mol. The molecule has 1 unspecified atom stereocenters. The van der Waals surface area contributed by atoms with Gasteiger partial charge in [0.15, 0.2) is 0 Å². The second-order valence-electron chi connectivity index (χ2n) is 6.38. The van der Waals surface area contributed by atoms with E-state index < -0.39 is 0 Å². The van der Waals surface area contributed by atoms with Crippen LogP contribution in [0.4, 0.5) is 5.82 Å². The summed E-state index contributed by atoms with van der Waals surface area (Å²) < 4.78 is 2.29. The third-order valence-corrected chi connectivity index (χ3v) is 4.43. The van der Waals surface area contributed by atoms with Crippen LogP contribution < -0.4 is 5.73 Å². The smallest absolute Gasteiger partial charge is 0.127 e. The summed E-state index contributed by atoms with van der Waals surface area (Å²) in [5, 5.41) is 0. The van der Waals surface area contributed by atoms with E-state index in [1.807, 2.05) is 0 Å². The first kappa shape index (κ1) is 14.4. The van der Waals surface area contributed by atoms with Crippen molar-refractivity contribution in [3.05, 3.63) is 11.5 Å². The van der Waals surface area contributed by atoms with Crippen LogP contribution in [-0.4, -0.2) is 9.55 Å². The quantitative estimate of drug-likeness (QED) is 0.843. The predicted molar refractivity (Wildman–Crippen MR) is 81.6 cm³/mol. The fourth-order valence-corrected chi connectivity index (χ4v) is 3.43. The summed E-state index contributed by atoms with van der Waals surface area (Å²) in [4.78, 5) is 4.97. The molecule has 0 aliphatic heterocycles. The van der Waals surface area contributed by atoms with E-state index in [0.717, 1.165) is 11.5 Å². The van der Waals surface area contributed by atoms with Gasteiger partial charge in [0.1, 0.15) is 11.6 Å². The van der Waals surface area contributed by atoms with Gasteiger partial charge in [-0.05, 0) is 33.1 Å². The lowest BCUT2D eigenvalue weighted by molar-refractivity contribution is 0.533. The monoisotopic (exact) mass is 263 g/mol. The highest BCUT2D eigenvalue weighted by Crippen LogP contribution is 2.38. The Morgan fingerprint density at radius 1 is 1.26 bits per heavy atom. The molecule has 3 heteroatoms. The molecule has 1 aliphatic rings.